The average molecular weight is 484 g/mol. The van der Waals surface area contributed by atoms with Gasteiger partial charge in [0, 0.05) is 29.8 Å². The molecule has 1 aromatic heterocycles. The number of carbonyl (C=O) groups excluding carboxylic acids is 2. The lowest BCUT2D eigenvalue weighted by molar-refractivity contribution is -0.117. The van der Waals surface area contributed by atoms with Gasteiger partial charge >= 0.3 is 0 Å². The summed E-state index contributed by atoms with van der Waals surface area (Å²) < 4.78 is 24.4. The highest BCUT2D eigenvalue weighted by atomic mass is 19.1. The van der Waals surface area contributed by atoms with E-state index in [0.717, 1.165) is 5.56 Å². The molecule has 0 aliphatic carbocycles. The highest BCUT2D eigenvalue weighted by Crippen LogP contribution is 2.39. The quantitative estimate of drug-likeness (QED) is 0.427. The Kier molecular flexibility index (Phi) is 6.27. The minimum absolute atomic E-state index is 0.0573. The Morgan fingerprint density at radius 1 is 0.972 bits per heavy atom. The van der Waals surface area contributed by atoms with Gasteiger partial charge in [-0.2, -0.15) is 0 Å². The number of anilines is 2. The zero-order valence-electron chi connectivity index (χ0n) is 19.2. The third-order valence-electron chi connectivity index (χ3n) is 5.65. The molecule has 9 heteroatoms. The molecule has 0 spiro atoms. The molecule has 1 aliphatic rings. The normalized spacial score (nSPS) is 12.6. The van der Waals surface area contributed by atoms with Crippen molar-refractivity contribution in [2.45, 2.75) is 13.0 Å². The van der Waals surface area contributed by atoms with Crippen molar-refractivity contribution in [2.24, 2.45) is 0 Å². The van der Waals surface area contributed by atoms with Gasteiger partial charge < -0.3 is 14.8 Å². The molecule has 1 aliphatic heterocycles. The molecule has 3 aromatic carbocycles. The van der Waals surface area contributed by atoms with Crippen molar-refractivity contribution < 1.29 is 23.5 Å². The van der Waals surface area contributed by atoms with E-state index in [1.54, 1.807) is 30.3 Å². The van der Waals surface area contributed by atoms with Gasteiger partial charge in [-0.3, -0.25) is 19.5 Å². The van der Waals surface area contributed by atoms with Crippen molar-refractivity contribution in [3.63, 3.8) is 0 Å². The maximum atomic E-state index is 13.9. The average Bonchev–Trinajstić information content (AvgIpc) is 3.37. The fourth-order valence-electron chi connectivity index (χ4n) is 3.86. The molecule has 8 nitrogen and oxygen atoms in total. The first kappa shape index (κ1) is 23.0. The number of amides is 2. The molecule has 0 fully saturated rings. The lowest BCUT2D eigenvalue weighted by atomic mass is 10.0. The Morgan fingerprint density at radius 2 is 1.72 bits per heavy atom. The number of aromatic nitrogens is 2. The largest absolute Gasteiger partial charge is 0.454 e. The van der Waals surface area contributed by atoms with Crippen molar-refractivity contribution in [3.05, 3.63) is 108 Å². The SMILES string of the molecule is Cc1ccc([C@@H](C(=O)Nc2ccc(F)cc2)N(C(=O)c2cnccn2)c2ccc3c(c2)OCO3)cc1. The maximum Gasteiger partial charge on any atom is 0.279 e. The fraction of sp³-hybridized carbons (Fsp3) is 0.111. The van der Waals surface area contributed by atoms with E-state index in [2.05, 4.69) is 15.3 Å². The number of aryl methyl sites for hydroxylation is 1. The maximum absolute atomic E-state index is 13.9. The van der Waals surface area contributed by atoms with Crippen LogP contribution in [0.3, 0.4) is 0 Å². The Bertz CT molecular complexity index is 1400. The smallest absolute Gasteiger partial charge is 0.279 e. The van der Waals surface area contributed by atoms with Crippen LogP contribution in [0.25, 0.3) is 0 Å². The standard InChI is InChI=1S/C27H21FN4O4/c1-17-2-4-18(5-3-17)25(26(33)31-20-8-6-19(28)7-9-20)32(27(34)22-15-29-12-13-30-22)21-10-11-23-24(14-21)36-16-35-23/h2-15,25H,16H2,1H3,(H,31,33)/t25-/m0/s1. The number of hydrogen-bond donors (Lipinski definition) is 1. The van der Waals surface area contributed by atoms with Crippen LogP contribution in [0.2, 0.25) is 0 Å². The second-order valence-electron chi connectivity index (χ2n) is 8.11. The van der Waals surface area contributed by atoms with E-state index in [9.17, 15) is 14.0 Å². The summed E-state index contributed by atoms with van der Waals surface area (Å²) in [4.78, 5) is 37.1. The van der Waals surface area contributed by atoms with Crippen molar-refractivity contribution >= 4 is 23.2 Å². The summed E-state index contributed by atoms with van der Waals surface area (Å²) in [6.07, 6.45) is 4.21. The first-order valence-electron chi connectivity index (χ1n) is 11.1. The van der Waals surface area contributed by atoms with Gasteiger partial charge in [-0.05, 0) is 48.9 Å². The van der Waals surface area contributed by atoms with Gasteiger partial charge in [0.05, 0.1) is 6.20 Å². The van der Waals surface area contributed by atoms with Gasteiger partial charge in [0.15, 0.2) is 11.5 Å². The van der Waals surface area contributed by atoms with Gasteiger partial charge in [0.25, 0.3) is 11.8 Å². The first-order valence-corrected chi connectivity index (χ1v) is 11.1. The number of ether oxygens (including phenoxy) is 2. The van der Waals surface area contributed by atoms with Crippen LogP contribution in [0.4, 0.5) is 15.8 Å². The molecule has 1 atom stereocenters. The van der Waals surface area contributed by atoms with Crippen LogP contribution in [0.15, 0.2) is 85.3 Å². The molecule has 5 rings (SSSR count). The first-order chi connectivity index (χ1) is 17.5. The summed E-state index contributed by atoms with van der Waals surface area (Å²) in [5, 5.41) is 2.80. The summed E-state index contributed by atoms with van der Waals surface area (Å²) in [6, 6.07) is 16.6. The van der Waals surface area contributed by atoms with E-state index in [-0.39, 0.29) is 12.5 Å². The number of nitrogens with zero attached hydrogens (tertiary/aromatic N) is 3. The van der Waals surface area contributed by atoms with Crippen LogP contribution in [-0.2, 0) is 4.79 Å². The van der Waals surface area contributed by atoms with Crippen molar-refractivity contribution in [2.75, 3.05) is 17.0 Å². The molecular formula is C27H21FN4O4. The van der Waals surface area contributed by atoms with Gasteiger partial charge in [-0.25, -0.2) is 9.37 Å². The number of fused-ring (bicyclic) bond motifs is 1. The van der Waals surface area contributed by atoms with Crippen LogP contribution in [0.1, 0.15) is 27.7 Å². The van der Waals surface area contributed by atoms with Crippen LogP contribution >= 0.6 is 0 Å². The number of benzene rings is 3. The van der Waals surface area contributed by atoms with E-state index in [0.29, 0.717) is 28.4 Å². The molecule has 0 bridgehead atoms. The molecule has 0 saturated heterocycles. The van der Waals surface area contributed by atoms with Crippen LogP contribution in [0.5, 0.6) is 11.5 Å². The second kappa shape index (κ2) is 9.83. The highest BCUT2D eigenvalue weighted by molar-refractivity contribution is 6.11. The van der Waals surface area contributed by atoms with E-state index >= 15 is 0 Å². The fourth-order valence-corrected chi connectivity index (χ4v) is 3.86. The van der Waals surface area contributed by atoms with E-state index in [1.807, 2.05) is 19.1 Å². The molecule has 4 aromatic rings. The van der Waals surface area contributed by atoms with E-state index in [1.165, 1.54) is 47.8 Å². The highest BCUT2D eigenvalue weighted by Gasteiger charge is 2.35. The van der Waals surface area contributed by atoms with Crippen molar-refractivity contribution in [1.82, 2.24) is 9.97 Å². The lowest BCUT2D eigenvalue weighted by Crippen LogP contribution is -2.42. The molecule has 2 heterocycles. The van der Waals surface area contributed by atoms with E-state index < -0.39 is 23.7 Å². The summed E-state index contributed by atoms with van der Waals surface area (Å²) >= 11 is 0. The van der Waals surface area contributed by atoms with Crippen molar-refractivity contribution in [3.8, 4) is 11.5 Å². The summed E-state index contributed by atoms with van der Waals surface area (Å²) in [5.41, 5.74) is 2.40. The molecular weight excluding hydrogens is 463 g/mol. The van der Waals surface area contributed by atoms with Crippen molar-refractivity contribution in [1.29, 1.82) is 0 Å². The number of halogens is 1. The minimum Gasteiger partial charge on any atom is -0.454 e. The monoisotopic (exact) mass is 484 g/mol. The second-order valence-corrected chi connectivity index (χ2v) is 8.11. The Balaban J connectivity index is 1.63. The Hall–Kier alpha value is -4.79. The zero-order valence-corrected chi connectivity index (χ0v) is 19.2. The predicted molar refractivity (Wildman–Crippen MR) is 130 cm³/mol. The molecule has 36 heavy (non-hydrogen) atoms. The van der Waals surface area contributed by atoms with Gasteiger partial charge in [0.1, 0.15) is 17.6 Å². The Morgan fingerprint density at radius 3 is 2.44 bits per heavy atom. The summed E-state index contributed by atoms with van der Waals surface area (Å²) in [6.45, 7) is 1.99. The topological polar surface area (TPSA) is 93.7 Å². The van der Waals surface area contributed by atoms with E-state index in [4.69, 9.17) is 9.47 Å². The zero-order chi connectivity index (χ0) is 25.1. The minimum atomic E-state index is -1.11. The lowest BCUT2D eigenvalue weighted by Gasteiger charge is -2.31. The number of hydrogen-bond acceptors (Lipinski definition) is 6. The van der Waals surface area contributed by atoms with Gasteiger partial charge in [0.2, 0.25) is 6.79 Å². The van der Waals surface area contributed by atoms with Crippen LogP contribution in [0, 0.1) is 12.7 Å². The molecule has 2 amide bonds. The third kappa shape index (κ3) is 4.72. The molecule has 180 valence electrons. The van der Waals surface area contributed by atoms with Crippen LogP contribution in [-0.4, -0.2) is 28.6 Å². The number of nitrogens with one attached hydrogen (secondary N) is 1. The summed E-state index contributed by atoms with van der Waals surface area (Å²) in [5.74, 6) is -0.482. The van der Waals surface area contributed by atoms with Gasteiger partial charge in [-0.15, -0.1) is 0 Å². The van der Waals surface area contributed by atoms with Gasteiger partial charge in [-0.1, -0.05) is 29.8 Å². The van der Waals surface area contributed by atoms with Crippen LogP contribution < -0.4 is 19.7 Å². The number of carbonyl (C=O) groups is 2. The molecule has 0 unspecified atom stereocenters. The third-order valence-corrected chi connectivity index (χ3v) is 5.65. The number of rotatable bonds is 6. The molecule has 1 N–H and O–H groups in total. The molecule has 0 radical (unpaired) electrons. The summed E-state index contributed by atoms with van der Waals surface area (Å²) in [7, 11) is 0. The molecule has 0 saturated carbocycles. The Labute approximate surface area is 206 Å². The predicted octanol–water partition coefficient (Wildman–Crippen LogP) is 4.68.